The van der Waals surface area contributed by atoms with Crippen molar-refractivity contribution in [2.45, 2.75) is 20.4 Å². The van der Waals surface area contributed by atoms with Gasteiger partial charge in [-0.3, -0.25) is 19.6 Å². The largest absolute Gasteiger partial charge is 0.497 e. The highest BCUT2D eigenvalue weighted by molar-refractivity contribution is 9.10. The molecule has 1 N–H and O–H groups in total. The van der Waals surface area contributed by atoms with Crippen LogP contribution in [0.3, 0.4) is 0 Å². The molecule has 2 aromatic heterocycles. The molecule has 0 fully saturated rings. The number of hydrogen-bond donors (Lipinski definition) is 1. The van der Waals surface area contributed by atoms with Gasteiger partial charge < -0.3 is 4.74 Å². The second-order valence-electron chi connectivity index (χ2n) is 7.06. The summed E-state index contributed by atoms with van der Waals surface area (Å²) in [5.41, 5.74) is 2.24. The predicted molar refractivity (Wildman–Crippen MR) is 121 cm³/mol. The van der Waals surface area contributed by atoms with Crippen LogP contribution in [-0.2, 0) is 6.54 Å². The summed E-state index contributed by atoms with van der Waals surface area (Å²) in [5.74, 6) is 0.831. The topological polar surface area (TPSA) is 92.6 Å². The lowest BCUT2D eigenvalue weighted by molar-refractivity contribution is 0.0983. The number of hydrogen-bond acceptors (Lipinski definition) is 5. The van der Waals surface area contributed by atoms with E-state index in [4.69, 9.17) is 4.74 Å². The van der Waals surface area contributed by atoms with Crippen LogP contribution >= 0.6 is 15.9 Å². The van der Waals surface area contributed by atoms with Gasteiger partial charge in [0.25, 0.3) is 17.2 Å². The molecule has 9 heteroatoms. The molecule has 0 aliphatic rings. The van der Waals surface area contributed by atoms with Crippen LogP contribution in [0.1, 0.15) is 27.2 Å². The number of fused-ring (bicyclic) bond motifs is 1. The van der Waals surface area contributed by atoms with Crippen molar-refractivity contribution in [1.29, 1.82) is 0 Å². The number of nitrogens with zero attached hydrogens (tertiary/aromatic N) is 4. The highest BCUT2D eigenvalue weighted by atomic mass is 79.9. The summed E-state index contributed by atoms with van der Waals surface area (Å²) < 4.78 is 7.38. The molecule has 31 heavy (non-hydrogen) atoms. The molecule has 0 unspecified atom stereocenters. The van der Waals surface area contributed by atoms with Crippen LogP contribution < -0.4 is 15.2 Å². The van der Waals surface area contributed by atoms with Gasteiger partial charge in [-0.15, -0.1) is 0 Å². The molecule has 158 valence electrons. The maximum absolute atomic E-state index is 13.4. The van der Waals surface area contributed by atoms with Gasteiger partial charge in [-0.1, -0.05) is 28.1 Å². The van der Waals surface area contributed by atoms with Crippen LogP contribution in [0.25, 0.3) is 5.78 Å². The van der Waals surface area contributed by atoms with E-state index >= 15 is 0 Å². The van der Waals surface area contributed by atoms with Crippen LogP contribution in [0.4, 0.5) is 5.95 Å². The first kappa shape index (κ1) is 20.8. The maximum atomic E-state index is 13.4. The van der Waals surface area contributed by atoms with Crippen LogP contribution in [-0.4, -0.2) is 32.6 Å². The lowest BCUT2D eigenvalue weighted by Crippen LogP contribution is -2.31. The smallest absolute Gasteiger partial charge is 0.277 e. The Bertz CT molecular complexity index is 1310. The Morgan fingerprint density at radius 1 is 1.10 bits per heavy atom. The number of rotatable bonds is 5. The third kappa shape index (κ3) is 4.09. The van der Waals surface area contributed by atoms with E-state index < -0.39 is 0 Å². The quantitative estimate of drug-likeness (QED) is 0.469. The Balaban J connectivity index is 1.80. The van der Waals surface area contributed by atoms with Crippen LogP contribution in [0.5, 0.6) is 5.75 Å². The second-order valence-corrected chi connectivity index (χ2v) is 7.97. The average Bonchev–Trinajstić information content (AvgIpc) is 3.20. The van der Waals surface area contributed by atoms with E-state index in [9.17, 15) is 9.59 Å². The van der Waals surface area contributed by atoms with Crippen molar-refractivity contribution in [1.82, 2.24) is 19.6 Å². The van der Waals surface area contributed by atoms with E-state index in [1.165, 1.54) is 9.42 Å². The van der Waals surface area contributed by atoms with Crippen molar-refractivity contribution in [3.8, 4) is 5.75 Å². The normalized spacial score (nSPS) is 11.0. The van der Waals surface area contributed by atoms with E-state index in [0.29, 0.717) is 22.6 Å². The molecule has 8 nitrogen and oxygen atoms in total. The minimum absolute atomic E-state index is 0.214. The summed E-state index contributed by atoms with van der Waals surface area (Å²) in [6.45, 7) is 3.72. The fraction of sp³-hybridized carbons (Fsp3) is 0.182. The lowest BCUT2D eigenvalue weighted by atomic mass is 10.1. The SMILES string of the molecule is COc1ccc(C(=O)N(Cc2ccc(Br)cc2)c2nc3nc(C)c(C)c(=O)n3[nH]2)cc1. The fourth-order valence-electron chi connectivity index (χ4n) is 3.12. The number of ether oxygens (including phenoxy) is 1. The highest BCUT2D eigenvalue weighted by Gasteiger charge is 2.23. The molecular formula is C22H20BrN5O3. The standard InChI is InChI=1S/C22H20BrN5O3/c1-13-14(2)24-21-25-22(26-28(21)19(13)29)27(12-15-4-8-17(23)9-5-15)20(30)16-6-10-18(31-3)11-7-16/h4-11H,12H2,1-3H3,(H,24,25,26). The molecule has 4 aromatic rings. The molecule has 0 aliphatic carbocycles. The van der Waals surface area contributed by atoms with Crippen LogP contribution in [0, 0.1) is 13.8 Å². The number of carbonyl (C=O) groups is 1. The van der Waals surface area contributed by atoms with Crippen molar-refractivity contribution < 1.29 is 9.53 Å². The van der Waals surface area contributed by atoms with Crippen molar-refractivity contribution in [2.75, 3.05) is 12.0 Å². The van der Waals surface area contributed by atoms with Gasteiger partial charge >= 0.3 is 0 Å². The Labute approximate surface area is 186 Å². The van der Waals surface area contributed by atoms with Crippen molar-refractivity contribution in [3.63, 3.8) is 0 Å². The minimum atomic E-state index is -0.272. The van der Waals surface area contributed by atoms with Crippen molar-refractivity contribution in [3.05, 3.63) is 85.7 Å². The molecule has 0 radical (unpaired) electrons. The number of benzene rings is 2. The van der Waals surface area contributed by atoms with E-state index in [0.717, 1.165) is 10.0 Å². The monoisotopic (exact) mass is 481 g/mol. The zero-order valence-corrected chi connectivity index (χ0v) is 18.8. The van der Waals surface area contributed by atoms with E-state index in [2.05, 4.69) is 31.0 Å². The molecule has 0 spiro atoms. The van der Waals surface area contributed by atoms with Gasteiger partial charge in [0.05, 0.1) is 13.7 Å². The molecule has 0 bridgehead atoms. The number of amides is 1. The van der Waals surface area contributed by atoms with E-state index in [-0.39, 0.29) is 29.7 Å². The second kappa shape index (κ2) is 8.35. The first-order chi connectivity index (χ1) is 14.9. The van der Waals surface area contributed by atoms with Crippen molar-refractivity contribution in [2.24, 2.45) is 0 Å². The molecular weight excluding hydrogens is 462 g/mol. The number of H-pyrrole nitrogens is 1. The third-order valence-electron chi connectivity index (χ3n) is 5.04. The number of aromatic amines is 1. The van der Waals surface area contributed by atoms with Gasteiger partial charge in [0.1, 0.15) is 5.75 Å². The summed E-state index contributed by atoms with van der Waals surface area (Å²) in [7, 11) is 1.57. The summed E-state index contributed by atoms with van der Waals surface area (Å²) in [6, 6.07) is 14.5. The summed E-state index contributed by atoms with van der Waals surface area (Å²) in [4.78, 5) is 36.3. The average molecular weight is 482 g/mol. The number of carbonyl (C=O) groups excluding carboxylic acids is 1. The summed E-state index contributed by atoms with van der Waals surface area (Å²) in [5, 5.41) is 2.94. The molecule has 0 saturated carbocycles. The molecule has 0 saturated heterocycles. The predicted octanol–water partition coefficient (Wildman–Crippen LogP) is 3.65. The van der Waals surface area contributed by atoms with Gasteiger partial charge in [-0.2, -0.15) is 9.50 Å². The first-order valence-corrected chi connectivity index (χ1v) is 10.3. The molecule has 0 atom stereocenters. The Morgan fingerprint density at radius 3 is 2.42 bits per heavy atom. The Morgan fingerprint density at radius 2 is 1.77 bits per heavy atom. The lowest BCUT2D eigenvalue weighted by Gasteiger charge is -2.20. The number of aromatic nitrogens is 4. The molecule has 2 heterocycles. The Hall–Kier alpha value is -3.46. The first-order valence-electron chi connectivity index (χ1n) is 9.53. The molecule has 2 aromatic carbocycles. The number of aryl methyl sites for hydroxylation is 1. The zero-order chi connectivity index (χ0) is 22.1. The summed E-state index contributed by atoms with van der Waals surface area (Å²) in [6.07, 6.45) is 0. The van der Waals surface area contributed by atoms with Gasteiger partial charge in [-0.05, 0) is 55.8 Å². The molecule has 0 aliphatic heterocycles. The third-order valence-corrected chi connectivity index (χ3v) is 5.57. The van der Waals surface area contributed by atoms with E-state index in [1.807, 2.05) is 24.3 Å². The number of nitrogens with one attached hydrogen (secondary N) is 1. The van der Waals surface area contributed by atoms with E-state index in [1.54, 1.807) is 45.2 Å². The van der Waals surface area contributed by atoms with Gasteiger partial charge in [0, 0.05) is 21.3 Å². The summed E-state index contributed by atoms with van der Waals surface area (Å²) >= 11 is 3.42. The number of halogens is 1. The maximum Gasteiger partial charge on any atom is 0.277 e. The Kier molecular flexibility index (Phi) is 5.60. The molecule has 4 rings (SSSR count). The molecule has 1 amide bonds. The van der Waals surface area contributed by atoms with Crippen LogP contribution in [0.15, 0.2) is 57.8 Å². The minimum Gasteiger partial charge on any atom is -0.497 e. The van der Waals surface area contributed by atoms with Gasteiger partial charge in [0.15, 0.2) is 0 Å². The number of methoxy groups -OCH3 is 1. The van der Waals surface area contributed by atoms with Gasteiger partial charge in [0.2, 0.25) is 5.95 Å². The van der Waals surface area contributed by atoms with Gasteiger partial charge in [-0.25, -0.2) is 4.98 Å². The zero-order valence-electron chi connectivity index (χ0n) is 17.2. The van der Waals surface area contributed by atoms with Crippen LogP contribution in [0.2, 0.25) is 0 Å². The highest BCUT2D eigenvalue weighted by Crippen LogP contribution is 2.20. The van der Waals surface area contributed by atoms with Crippen molar-refractivity contribution >= 4 is 33.6 Å². The fourth-order valence-corrected chi connectivity index (χ4v) is 3.38. The number of anilines is 1.